The van der Waals surface area contributed by atoms with Gasteiger partial charge in [0.15, 0.2) is 0 Å². The van der Waals surface area contributed by atoms with Gasteiger partial charge in [-0.2, -0.15) is 0 Å². The molecule has 38 heavy (non-hydrogen) atoms. The topological polar surface area (TPSA) is 91.8 Å². The van der Waals surface area contributed by atoms with E-state index >= 15 is 0 Å². The van der Waals surface area contributed by atoms with E-state index in [1.165, 1.54) is 0 Å². The van der Waals surface area contributed by atoms with Crippen molar-refractivity contribution in [2.24, 2.45) is 5.92 Å². The molecule has 1 aromatic carbocycles. The van der Waals surface area contributed by atoms with Crippen molar-refractivity contribution in [3.05, 3.63) is 96.9 Å². The maximum absolute atomic E-state index is 13.7. The van der Waals surface area contributed by atoms with E-state index in [-0.39, 0.29) is 37.9 Å². The number of pyridine rings is 1. The SMILES string of the molecule is C=C/C=C(\C=C)CNC(=O)C(c1ccncc1)N(CC1CCOCC1)C(=O)CCc1ccc(O)cc1.CC.[HH]. The number of phenols is 1. The smallest absolute Gasteiger partial charge is 0.247 e. The Morgan fingerprint density at radius 3 is 2.42 bits per heavy atom. The average Bonchev–Trinajstić information content (AvgIpc) is 2.96. The Bertz CT molecular complexity index is 1050. The van der Waals surface area contributed by atoms with Crippen molar-refractivity contribution in [2.45, 2.75) is 45.6 Å². The second-order valence-electron chi connectivity index (χ2n) is 8.85. The van der Waals surface area contributed by atoms with Crippen LogP contribution in [0.15, 0.2) is 85.8 Å². The normalized spacial score (nSPS) is 14.4. The Morgan fingerprint density at radius 2 is 1.82 bits per heavy atom. The Labute approximate surface area is 228 Å². The zero-order valence-corrected chi connectivity index (χ0v) is 22.6. The molecule has 206 valence electrons. The fraction of sp³-hybridized carbons (Fsp3) is 0.387. The van der Waals surface area contributed by atoms with E-state index in [4.69, 9.17) is 4.74 Å². The van der Waals surface area contributed by atoms with Gasteiger partial charge in [0.25, 0.3) is 0 Å². The second kappa shape index (κ2) is 16.9. The summed E-state index contributed by atoms with van der Waals surface area (Å²) in [5.74, 6) is 0.0723. The van der Waals surface area contributed by atoms with Crippen molar-refractivity contribution < 1.29 is 20.9 Å². The summed E-state index contributed by atoms with van der Waals surface area (Å²) in [4.78, 5) is 33.1. The lowest BCUT2D eigenvalue weighted by atomic mass is 9.96. The molecule has 1 aromatic heterocycles. The molecule has 1 fully saturated rings. The predicted molar refractivity (Wildman–Crippen MR) is 154 cm³/mol. The van der Waals surface area contributed by atoms with Crippen LogP contribution in [0.2, 0.25) is 0 Å². The third kappa shape index (κ3) is 9.63. The van der Waals surface area contributed by atoms with Crippen molar-refractivity contribution >= 4 is 11.8 Å². The van der Waals surface area contributed by atoms with E-state index in [0.29, 0.717) is 31.7 Å². The van der Waals surface area contributed by atoms with Gasteiger partial charge >= 0.3 is 0 Å². The standard InChI is InChI=1S/C29H35N3O4.C2H6.H2/c1-3-5-22(4-2)20-31-29(35)28(25-12-16-30-17-13-25)32(21-24-14-18-36-19-15-24)27(34)11-8-23-6-9-26(33)10-7-23;1-2;/h3-7,9-10,12-13,16-17,24,28,33H,1-2,8,11,14-15,18-21H2,(H,31,35);1-2H3;1H/b22-5+;;. The maximum Gasteiger partial charge on any atom is 0.247 e. The fourth-order valence-electron chi connectivity index (χ4n) is 4.27. The van der Waals surface area contributed by atoms with Gasteiger partial charge in [-0.3, -0.25) is 14.6 Å². The number of allylic oxidation sites excluding steroid dienone is 2. The molecular formula is C31H43N3O4. The molecule has 1 aliphatic rings. The number of ether oxygens (including phenoxy) is 1. The van der Waals surface area contributed by atoms with Crippen molar-refractivity contribution in [3.63, 3.8) is 0 Å². The summed E-state index contributed by atoms with van der Waals surface area (Å²) in [7, 11) is 0. The molecule has 0 aliphatic carbocycles. The molecule has 1 unspecified atom stereocenters. The number of nitrogens with zero attached hydrogens (tertiary/aromatic N) is 2. The highest BCUT2D eigenvalue weighted by Crippen LogP contribution is 2.27. The fourth-order valence-corrected chi connectivity index (χ4v) is 4.27. The van der Waals surface area contributed by atoms with Crippen LogP contribution in [0.25, 0.3) is 0 Å². The zero-order valence-electron chi connectivity index (χ0n) is 22.6. The van der Waals surface area contributed by atoms with Crippen molar-refractivity contribution in [2.75, 3.05) is 26.3 Å². The minimum Gasteiger partial charge on any atom is -0.508 e. The number of aryl methyl sites for hydroxylation is 1. The largest absolute Gasteiger partial charge is 0.508 e. The van der Waals surface area contributed by atoms with E-state index in [1.54, 1.807) is 71.9 Å². The lowest BCUT2D eigenvalue weighted by Crippen LogP contribution is -2.46. The predicted octanol–water partition coefficient (Wildman–Crippen LogP) is 5.40. The van der Waals surface area contributed by atoms with Crippen LogP contribution in [-0.2, 0) is 20.7 Å². The molecule has 1 saturated heterocycles. The number of carbonyl (C=O) groups excluding carboxylic acids is 2. The van der Waals surface area contributed by atoms with Crippen molar-refractivity contribution in [3.8, 4) is 5.75 Å². The van der Waals surface area contributed by atoms with E-state index < -0.39 is 6.04 Å². The third-order valence-corrected chi connectivity index (χ3v) is 6.32. The summed E-state index contributed by atoms with van der Waals surface area (Å²) in [6.45, 7) is 13.6. The highest BCUT2D eigenvalue weighted by Gasteiger charge is 2.33. The van der Waals surface area contributed by atoms with Crippen LogP contribution < -0.4 is 5.32 Å². The van der Waals surface area contributed by atoms with E-state index in [0.717, 1.165) is 24.0 Å². The first-order valence-electron chi connectivity index (χ1n) is 13.3. The summed E-state index contributed by atoms with van der Waals surface area (Å²) in [5, 5.41) is 12.5. The summed E-state index contributed by atoms with van der Waals surface area (Å²) in [5.41, 5.74) is 2.48. The van der Waals surface area contributed by atoms with Gasteiger partial charge in [-0.25, -0.2) is 0 Å². The number of hydrogen-bond acceptors (Lipinski definition) is 5. The number of aromatic nitrogens is 1. The van der Waals surface area contributed by atoms with E-state index in [9.17, 15) is 14.7 Å². The lowest BCUT2D eigenvalue weighted by molar-refractivity contribution is -0.142. The molecule has 0 radical (unpaired) electrons. The second-order valence-corrected chi connectivity index (χ2v) is 8.85. The molecule has 0 spiro atoms. The monoisotopic (exact) mass is 521 g/mol. The van der Waals surface area contributed by atoms with Gasteiger partial charge < -0.3 is 20.1 Å². The Kier molecular flexibility index (Phi) is 13.6. The molecule has 2 aromatic rings. The third-order valence-electron chi connectivity index (χ3n) is 6.32. The molecular weight excluding hydrogens is 478 g/mol. The highest BCUT2D eigenvalue weighted by atomic mass is 16.5. The van der Waals surface area contributed by atoms with Crippen LogP contribution in [0.3, 0.4) is 0 Å². The average molecular weight is 522 g/mol. The van der Waals surface area contributed by atoms with Gasteiger partial charge in [-0.15, -0.1) is 0 Å². The minimum absolute atomic E-state index is 0. The number of nitrogens with one attached hydrogen (secondary N) is 1. The number of hydrogen-bond donors (Lipinski definition) is 2. The molecule has 7 nitrogen and oxygen atoms in total. The van der Waals surface area contributed by atoms with Crippen molar-refractivity contribution in [1.82, 2.24) is 15.2 Å². The number of aromatic hydroxyl groups is 1. The molecule has 2 heterocycles. The van der Waals surface area contributed by atoms with Crippen LogP contribution in [0.5, 0.6) is 5.75 Å². The number of phenolic OH excluding ortho intramolecular Hbond substituents is 1. The zero-order chi connectivity index (χ0) is 27.8. The molecule has 7 heteroatoms. The van der Waals surface area contributed by atoms with Gasteiger partial charge in [-0.05, 0) is 66.1 Å². The van der Waals surface area contributed by atoms with Crippen LogP contribution in [-0.4, -0.2) is 53.1 Å². The summed E-state index contributed by atoms with van der Waals surface area (Å²) >= 11 is 0. The maximum atomic E-state index is 13.7. The molecule has 0 bridgehead atoms. The minimum atomic E-state index is -0.794. The van der Waals surface area contributed by atoms with Gasteiger partial charge in [0.2, 0.25) is 11.8 Å². The molecule has 3 rings (SSSR count). The highest BCUT2D eigenvalue weighted by molar-refractivity contribution is 5.89. The number of amides is 2. The first kappa shape index (κ1) is 30.5. The Balaban J connectivity index is 0.00000248. The number of benzene rings is 1. The number of rotatable bonds is 12. The van der Waals surface area contributed by atoms with Gasteiger partial charge in [-0.1, -0.05) is 57.4 Å². The summed E-state index contributed by atoms with van der Waals surface area (Å²) in [6, 6.07) is 9.60. The van der Waals surface area contributed by atoms with Crippen LogP contribution in [0, 0.1) is 5.92 Å². The van der Waals surface area contributed by atoms with Gasteiger partial charge in [0.05, 0.1) is 0 Å². The molecule has 0 saturated carbocycles. The Hall–Kier alpha value is -3.71. The van der Waals surface area contributed by atoms with Gasteiger partial charge in [0.1, 0.15) is 11.8 Å². The molecule has 1 aliphatic heterocycles. The summed E-state index contributed by atoms with van der Waals surface area (Å²) < 4.78 is 5.51. The number of carbonyl (C=O) groups is 2. The van der Waals surface area contributed by atoms with Crippen LogP contribution >= 0.6 is 0 Å². The molecule has 1 atom stereocenters. The van der Waals surface area contributed by atoms with Crippen LogP contribution in [0.1, 0.15) is 51.7 Å². The molecule has 2 amide bonds. The Morgan fingerprint density at radius 1 is 1.16 bits per heavy atom. The quantitative estimate of drug-likeness (QED) is 0.365. The van der Waals surface area contributed by atoms with E-state index in [1.807, 2.05) is 13.8 Å². The first-order chi connectivity index (χ1) is 18.5. The first-order valence-corrected chi connectivity index (χ1v) is 13.3. The van der Waals surface area contributed by atoms with Gasteiger partial charge in [0, 0.05) is 46.5 Å². The van der Waals surface area contributed by atoms with Crippen molar-refractivity contribution in [1.29, 1.82) is 0 Å². The van der Waals surface area contributed by atoms with E-state index in [2.05, 4.69) is 23.5 Å². The summed E-state index contributed by atoms with van der Waals surface area (Å²) in [6.07, 6.45) is 10.8. The van der Waals surface area contributed by atoms with Crippen LogP contribution in [0.4, 0.5) is 0 Å². The lowest BCUT2D eigenvalue weighted by Gasteiger charge is -2.35. The molecule has 2 N–H and O–H groups in total.